The van der Waals surface area contributed by atoms with Gasteiger partial charge in [0.25, 0.3) is 5.91 Å². The molecule has 1 heterocycles. The van der Waals surface area contributed by atoms with Crippen molar-refractivity contribution in [1.29, 1.82) is 0 Å². The first-order valence-corrected chi connectivity index (χ1v) is 14.0. The van der Waals surface area contributed by atoms with E-state index >= 15 is 0 Å². The number of alkyl halides is 3. The molecule has 3 saturated carbocycles. The molecule has 216 valence electrons. The van der Waals surface area contributed by atoms with E-state index in [0.717, 1.165) is 10.9 Å². The van der Waals surface area contributed by atoms with Gasteiger partial charge in [-0.25, -0.2) is 0 Å². The number of ketones is 1. The number of benzene rings is 1. The second-order valence-corrected chi connectivity index (χ2v) is 12.8. The zero-order valence-electron chi connectivity index (χ0n) is 22.2. The van der Waals surface area contributed by atoms with Crippen molar-refractivity contribution >= 4 is 40.9 Å². The Balaban J connectivity index is 1.46. The van der Waals surface area contributed by atoms with Gasteiger partial charge in [0.05, 0.1) is 45.9 Å². The zero-order valence-corrected chi connectivity index (χ0v) is 23.7. The van der Waals surface area contributed by atoms with Gasteiger partial charge in [-0.1, -0.05) is 50.0 Å². The molecule has 0 saturated heterocycles. The number of hydrogen-bond acceptors (Lipinski definition) is 4. The number of carbonyl (C=O) groups excluding carboxylic acids is 2. The van der Waals surface area contributed by atoms with Crippen LogP contribution in [0.5, 0.6) is 0 Å². The molecule has 3 aliphatic carbocycles. The second-order valence-electron chi connectivity index (χ2n) is 12.0. The van der Waals surface area contributed by atoms with Gasteiger partial charge in [-0.3, -0.25) is 19.1 Å². The minimum atomic E-state index is -4.90. The molecular formula is C28H30Cl2F3N3O4. The smallest absolute Gasteiger partial charge is 0.433 e. The summed E-state index contributed by atoms with van der Waals surface area (Å²) >= 11 is 12.4. The van der Waals surface area contributed by atoms with E-state index in [1.54, 1.807) is 6.07 Å². The molecule has 3 aliphatic rings. The predicted octanol–water partition coefficient (Wildman–Crippen LogP) is 6.64. The van der Waals surface area contributed by atoms with Crippen molar-refractivity contribution in [2.24, 2.45) is 29.1 Å². The second kappa shape index (κ2) is 10.0. The summed E-state index contributed by atoms with van der Waals surface area (Å²) in [6.45, 7) is 5.31. The molecule has 5 rings (SSSR count). The summed E-state index contributed by atoms with van der Waals surface area (Å²) in [4.78, 5) is 39.8. The minimum absolute atomic E-state index is 0.0203. The van der Waals surface area contributed by atoms with Gasteiger partial charge in [-0.15, -0.1) is 0 Å². The van der Waals surface area contributed by atoms with Gasteiger partial charge in [0.2, 0.25) is 0 Å². The highest BCUT2D eigenvalue weighted by atomic mass is 35.5. The van der Waals surface area contributed by atoms with Gasteiger partial charge in [0.15, 0.2) is 11.5 Å². The number of fused-ring (bicyclic) bond motifs is 1. The van der Waals surface area contributed by atoms with Crippen LogP contribution in [-0.4, -0.2) is 50.0 Å². The van der Waals surface area contributed by atoms with Gasteiger partial charge in [0, 0.05) is 6.04 Å². The average molecular weight is 600 g/mol. The van der Waals surface area contributed by atoms with Crippen LogP contribution in [-0.2, 0) is 11.0 Å². The molecule has 0 bridgehead atoms. The highest BCUT2D eigenvalue weighted by Crippen LogP contribution is 2.67. The van der Waals surface area contributed by atoms with Crippen molar-refractivity contribution in [2.75, 3.05) is 6.54 Å². The number of hydrogen-bond donors (Lipinski definition) is 1. The van der Waals surface area contributed by atoms with Crippen LogP contribution < -0.4 is 0 Å². The Bertz CT molecular complexity index is 1330. The van der Waals surface area contributed by atoms with Gasteiger partial charge in [-0.05, 0) is 61.0 Å². The van der Waals surface area contributed by atoms with Crippen LogP contribution in [0.1, 0.15) is 78.9 Å². The topological polar surface area (TPSA) is 92.5 Å². The number of amides is 1. The normalized spacial score (nSPS) is 27.4. The van der Waals surface area contributed by atoms with E-state index < -0.39 is 59.6 Å². The molecule has 1 N–H and O–H groups in total. The molecule has 4 atom stereocenters. The molecule has 12 heteroatoms. The van der Waals surface area contributed by atoms with E-state index in [-0.39, 0.29) is 39.8 Å². The van der Waals surface area contributed by atoms with E-state index in [0.29, 0.717) is 24.7 Å². The first-order chi connectivity index (χ1) is 18.6. The molecule has 0 radical (unpaired) electrons. The number of aliphatic carboxylic acids is 1. The zero-order chi connectivity index (χ0) is 29.3. The van der Waals surface area contributed by atoms with Gasteiger partial charge in [0.1, 0.15) is 0 Å². The molecule has 1 aromatic carbocycles. The fourth-order valence-corrected chi connectivity index (χ4v) is 7.38. The number of halogens is 5. The van der Waals surface area contributed by atoms with Gasteiger partial charge in [-0.2, -0.15) is 18.3 Å². The third-order valence-electron chi connectivity index (χ3n) is 9.48. The van der Waals surface area contributed by atoms with Gasteiger partial charge < -0.3 is 10.0 Å². The fourth-order valence-electron chi connectivity index (χ4n) is 6.77. The predicted molar refractivity (Wildman–Crippen MR) is 141 cm³/mol. The summed E-state index contributed by atoms with van der Waals surface area (Å²) in [6.07, 6.45) is -2.40. The first kappa shape index (κ1) is 28.9. The Hall–Kier alpha value is -2.59. The summed E-state index contributed by atoms with van der Waals surface area (Å²) in [6, 6.07) is 3.45. The lowest BCUT2D eigenvalue weighted by atomic mass is 9.73. The molecule has 0 spiro atoms. The molecular weight excluding hydrogens is 570 g/mol. The standard InChI is InChI=1S/C28H30Cl2F3N3O4/c1-13(26(39)40)14-7-16(8-14)36-24(28(31,32)33)17(11-34-36)25(38)35(15-9-18-19(10-15)27(18,2)3)12-22(37)23-20(29)5-4-6-21(23)30/h4-6,11,13-16,18-19H,7-10,12H2,1-3H3,(H,39,40)/t13-,14-,15-,16-,18+,19-/m0/s1. The maximum Gasteiger partial charge on any atom is 0.433 e. The van der Waals surface area contributed by atoms with E-state index in [9.17, 15) is 32.7 Å². The van der Waals surface area contributed by atoms with Crippen LogP contribution in [0.15, 0.2) is 24.4 Å². The van der Waals surface area contributed by atoms with Crippen LogP contribution in [0.3, 0.4) is 0 Å². The number of aromatic nitrogens is 2. The molecule has 0 aliphatic heterocycles. The highest BCUT2D eigenvalue weighted by Gasteiger charge is 2.63. The lowest BCUT2D eigenvalue weighted by molar-refractivity contribution is -0.150. The van der Waals surface area contributed by atoms with Gasteiger partial charge >= 0.3 is 12.1 Å². The molecule has 1 amide bonds. The summed E-state index contributed by atoms with van der Waals surface area (Å²) in [5, 5.41) is 13.4. The van der Waals surface area contributed by atoms with E-state index in [4.69, 9.17) is 23.2 Å². The van der Waals surface area contributed by atoms with Crippen molar-refractivity contribution in [3.63, 3.8) is 0 Å². The van der Waals surface area contributed by atoms with E-state index in [1.807, 2.05) is 0 Å². The van der Waals surface area contributed by atoms with Crippen LogP contribution in [0, 0.1) is 29.1 Å². The number of rotatable bonds is 8. The Morgan fingerprint density at radius 3 is 2.23 bits per heavy atom. The Labute approximate surface area is 239 Å². The quantitative estimate of drug-likeness (QED) is 0.343. The van der Waals surface area contributed by atoms with Crippen LogP contribution in [0.4, 0.5) is 13.2 Å². The molecule has 3 fully saturated rings. The van der Waals surface area contributed by atoms with Crippen LogP contribution in [0.2, 0.25) is 10.0 Å². The van der Waals surface area contributed by atoms with E-state index in [1.165, 1.54) is 24.0 Å². The third kappa shape index (κ3) is 4.91. The van der Waals surface area contributed by atoms with Crippen molar-refractivity contribution in [1.82, 2.24) is 14.7 Å². The third-order valence-corrected chi connectivity index (χ3v) is 10.1. The maximum absolute atomic E-state index is 14.4. The monoisotopic (exact) mass is 599 g/mol. The van der Waals surface area contributed by atoms with Crippen LogP contribution >= 0.6 is 23.2 Å². The molecule has 40 heavy (non-hydrogen) atoms. The Kier molecular flexibility index (Phi) is 7.26. The first-order valence-electron chi connectivity index (χ1n) is 13.3. The summed E-state index contributed by atoms with van der Waals surface area (Å²) < 4.78 is 44.1. The molecule has 1 aromatic heterocycles. The largest absolute Gasteiger partial charge is 0.481 e. The SMILES string of the molecule is C[C@H](C(=O)O)[C@H]1C[C@H](n2ncc(C(=O)N(CC(=O)c3c(Cl)cccc3Cl)[C@H]3C[C@@H]4[C@H](C3)C4(C)C)c2C(F)(F)F)C1. The van der Waals surface area contributed by atoms with Crippen molar-refractivity contribution in [2.45, 2.75) is 64.7 Å². The Morgan fingerprint density at radius 1 is 1.12 bits per heavy atom. The van der Waals surface area contributed by atoms with E-state index in [2.05, 4.69) is 18.9 Å². The molecule has 2 aromatic rings. The van der Waals surface area contributed by atoms with Crippen molar-refractivity contribution in [3.8, 4) is 0 Å². The van der Waals surface area contributed by atoms with Crippen molar-refractivity contribution < 1.29 is 32.7 Å². The lowest BCUT2D eigenvalue weighted by Gasteiger charge is -2.38. The lowest BCUT2D eigenvalue weighted by Crippen LogP contribution is -2.44. The fraction of sp³-hybridized carbons (Fsp3) is 0.571. The molecule has 0 unspecified atom stereocenters. The number of nitrogens with zero attached hydrogens (tertiary/aromatic N) is 3. The highest BCUT2D eigenvalue weighted by molar-refractivity contribution is 6.40. The average Bonchev–Trinajstić information content (AvgIpc) is 3.25. The van der Waals surface area contributed by atoms with Crippen LogP contribution in [0.25, 0.3) is 0 Å². The maximum atomic E-state index is 14.4. The number of Topliss-reactive ketones (excluding diaryl/α,β-unsaturated/α-hetero) is 1. The number of carbonyl (C=O) groups is 3. The summed E-state index contributed by atoms with van der Waals surface area (Å²) in [5.41, 5.74) is -1.69. The summed E-state index contributed by atoms with van der Waals surface area (Å²) in [5.74, 6) is -2.83. The number of carboxylic acid groups (broad SMARTS) is 1. The van der Waals surface area contributed by atoms with Crippen molar-refractivity contribution in [3.05, 3.63) is 51.3 Å². The Morgan fingerprint density at radius 2 is 1.70 bits per heavy atom. The number of carboxylic acids is 1. The molecule has 7 nitrogen and oxygen atoms in total. The minimum Gasteiger partial charge on any atom is -0.481 e. The summed E-state index contributed by atoms with van der Waals surface area (Å²) in [7, 11) is 0.